The highest BCUT2D eigenvalue weighted by Crippen LogP contribution is 2.32. The molecule has 0 spiro atoms. The van der Waals surface area contributed by atoms with Crippen molar-refractivity contribution in [1.82, 2.24) is 5.48 Å². The van der Waals surface area contributed by atoms with Gasteiger partial charge in [0.05, 0.1) is 11.3 Å². The molecule has 0 aliphatic rings. The van der Waals surface area contributed by atoms with Crippen LogP contribution in [0.1, 0.15) is 11.1 Å². The lowest BCUT2D eigenvalue weighted by Crippen LogP contribution is -2.21. The van der Waals surface area contributed by atoms with Crippen LogP contribution < -0.4 is 5.48 Å². The summed E-state index contributed by atoms with van der Waals surface area (Å²) in [5, 5.41) is 9.05. The second-order valence-corrected chi connectivity index (χ2v) is 4.10. The summed E-state index contributed by atoms with van der Waals surface area (Å²) in [4.78, 5) is 3.97. The van der Waals surface area contributed by atoms with Crippen molar-refractivity contribution in [1.29, 1.82) is 0 Å². The molecule has 21 heavy (non-hydrogen) atoms. The van der Waals surface area contributed by atoms with Gasteiger partial charge < -0.3 is 0 Å². The van der Waals surface area contributed by atoms with Crippen molar-refractivity contribution in [2.45, 2.75) is 6.18 Å². The Morgan fingerprint density at radius 3 is 2.29 bits per heavy atom. The normalized spacial score (nSPS) is 12.3. The molecular weight excluding hydrogens is 288 g/mol. The van der Waals surface area contributed by atoms with Gasteiger partial charge in [0.25, 0.3) is 0 Å². The maximum absolute atomic E-state index is 13.2. The van der Waals surface area contributed by atoms with Crippen LogP contribution in [-0.4, -0.2) is 11.0 Å². The average Bonchev–Trinajstić information content (AvgIpc) is 2.45. The van der Waals surface area contributed by atoms with E-state index in [1.54, 1.807) is 35.8 Å². The Balaban J connectivity index is 2.47. The number of hydrogen-bond donors (Lipinski definition) is 2. The molecule has 3 nitrogen and oxygen atoms in total. The van der Waals surface area contributed by atoms with Gasteiger partial charge in [-0.2, -0.15) is 13.2 Å². The van der Waals surface area contributed by atoms with E-state index in [0.29, 0.717) is 17.8 Å². The van der Waals surface area contributed by atoms with E-state index < -0.39 is 17.6 Å². The van der Waals surface area contributed by atoms with Crippen molar-refractivity contribution in [3.05, 3.63) is 65.5 Å². The minimum atomic E-state index is -4.83. The summed E-state index contributed by atoms with van der Waals surface area (Å²) in [6, 6.07) is 10.7. The van der Waals surface area contributed by atoms with Crippen molar-refractivity contribution in [3.8, 4) is 0 Å². The Hall–Kier alpha value is -2.41. The van der Waals surface area contributed by atoms with Gasteiger partial charge in [0.15, 0.2) is 5.84 Å². The first-order chi connectivity index (χ1) is 9.91. The Bertz CT molecular complexity index is 654. The molecule has 0 saturated heterocycles. The summed E-state index contributed by atoms with van der Waals surface area (Å²) in [6.45, 7) is 0. The van der Waals surface area contributed by atoms with Gasteiger partial charge in [-0.3, -0.25) is 10.7 Å². The predicted octanol–water partition coefficient (Wildman–Crippen LogP) is 3.90. The standard InChI is InChI=1S/C14H10F4N2O/c15-12-7-6-9(8-11(12)14(16,17)18)13(20-21)19-10-4-2-1-3-5-10/h1-8,21H,(H,19,20). The molecule has 0 atom stereocenters. The molecule has 2 aromatic carbocycles. The third-order valence-corrected chi connectivity index (χ3v) is 2.65. The highest BCUT2D eigenvalue weighted by molar-refractivity contribution is 5.99. The molecule has 2 N–H and O–H groups in total. The molecule has 0 aliphatic carbocycles. The molecule has 0 unspecified atom stereocenters. The number of nitrogens with one attached hydrogen (secondary N) is 1. The van der Waals surface area contributed by atoms with E-state index in [0.717, 1.165) is 6.07 Å². The number of amidine groups is 1. The minimum absolute atomic E-state index is 0.0879. The first-order valence-electron chi connectivity index (χ1n) is 5.83. The summed E-state index contributed by atoms with van der Waals surface area (Å²) in [6.07, 6.45) is -4.83. The molecule has 0 aliphatic heterocycles. The lowest BCUT2D eigenvalue weighted by Gasteiger charge is -2.11. The van der Waals surface area contributed by atoms with Crippen LogP contribution in [0.5, 0.6) is 0 Å². The summed E-state index contributed by atoms with van der Waals surface area (Å²) < 4.78 is 51.2. The number of halogens is 4. The van der Waals surface area contributed by atoms with E-state index in [4.69, 9.17) is 5.21 Å². The molecule has 0 amide bonds. The third-order valence-electron chi connectivity index (χ3n) is 2.65. The second kappa shape index (κ2) is 5.92. The molecule has 110 valence electrons. The third kappa shape index (κ3) is 3.57. The molecule has 0 bridgehead atoms. The van der Waals surface area contributed by atoms with E-state index in [9.17, 15) is 17.6 Å². The van der Waals surface area contributed by atoms with Gasteiger partial charge >= 0.3 is 6.18 Å². The fourth-order valence-corrected chi connectivity index (χ4v) is 1.68. The lowest BCUT2D eigenvalue weighted by molar-refractivity contribution is -0.140. The Kier molecular flexibility index (Phi) is 4.23. The Morgan fingerprint density at radius 1 is 1.05 bits per heavy atom. The van der Waals surface area contributed by atoms with Gasteiger partial charge in [0.1, 0.15) is 5.82 Å². The van der Waals surface area contributed by atoms with Crippen LogP contribution in [0, 0.1) is 5.82 Å². The molecule has 2 rings (SSSR count). The van der Waals surface area contributed by atoms with Gasteiger partial charge in [-0.15, -0.1) is 0 Å². The number of nitrogens with zero attached hydrogens (tertiary/aromatic N) is 1. The van der Waals surface area contributed by atoms with Crippen LogP contribution in [0.4, 0.5) is 23.2 Å². The number of alkyl halides is 3. The monoisotopic (exact) mass is 298 g/mol. The number of rotatable bonds is 2. The van der Waals surface area contributed by atoms with Crippen LogP contribution in [0.15, 0.2) is 53.5 Å². The van der Waals surface area contributed by atoms with Gasteiger partial charge in [-0.05, 0) is 30.3 Å². The largest absolute Gasteiger partial charge is 0.419 e. The van der Waals surface area contributed by atoms with Gasteiger partial charge in [-0.1, -0.05) is 18.2 Å². The van der Waals surface area contributed by atoms with Gasteiger partial charge in [0, 0.05) is 5.56 Å². The minimum Gasteiger partial charge on any atom is -0.290 e. The Labute approximate surface area is 117 Å². The zero-order valence-corrected chi connectivity index (χ0v) is 10.5. The van der Waals surface area contributed by atoms with Crippen LogP contribution in [0.25, 0.3) is 0 Å². The number of benzene rings is 2. The maximum atomic E-state index is 13.2. The Morgan fingerprint density at radius 2 is 1.71 bits per heavy atom. The molecule has 0 heterocycles. The van der Waals surface area contributed by atoms with E-state index in [-0.39, 0.29) is 11.4 Å². The molecule has 7 heteroatoms. The van der Waals surface area contributed by atoms with Gasteiger partial charge in [-0.25, -0.2) is 9.38 Å². The van der Waals surface area contributed by atoms with Crippen molar-refractivity contribution in [3.63, 3.8) is 0 Å². The fourth-order valence-electron chi connectivity index (χ4n) is 1.68. The van der Waals surface area contributed by atoms with Crippen molar-refractivity contribution < 1.29 is 22.8 Å². The van der Waals surface area contributed by atoms with E-state index >= 15 is 0 Å². The number of para-hydroxylation sites is 1. The molecule has 0 saturated carbocycles. The van der Waals surface area contributed by atoms with Crippen LogP contribution in [0.3, 0.4) is 0 Å². The predicted molar refractivity (Wildman–Crippen MR) is 69.0 cm³/mol. The smallest absolute Gasteiger partial charge is 0.290 e. The zero-order chi connectivity index (χ0) is 15.5. The molecular formula is C14H10F4N2O. The number of hydrogen-bond acceptors (Lipinski definition) is 2. The topological polar surface area (TPSA) is 44.6 Å². The highest BCUT2D eigenvalue weighted by atomic mass is 19.4. The first kappa shape index (κ1) is 15.0. The summed E-state index contributed by atoms with van der Waals surface area (Å²) in [7, 11) is 0. The van der Waals surface area contributed by atoms with Crippen LogP contribution in [0.2, 0.25) is 0 Å². The fraction of sp³-hybridized carbons (Fsp3) is 0.0714. The number of hydroxylamine groups is 1. The quantitative estimate of drug-likeness (QED) is 0.382. The van der Waals surface area contributed by atoms with Crippen molar-refractivity contribution in [2.75, 3.05) is 0 Å². The van der Waals surface area contributed by atoms with E-state index in [2.05, 4.69) is 4.99 Å². The zero-order valence-electron chi connectivity index (χ0n) is 10.5. The lowest BCUT2D eigenvalue weighted by atomic mass is 10.1. The maximum Gasteiger partial charge on any atom is 0.419 e. The average molecular weight is 298 g/mol. The SMILES string of the molecule is ONC(=Nc1ccccc1)c1ccc(F)c(C(F)(F)F)c1. The van der Waals surface area contributed by atoms with Crippen LogP contribution >= 0.6 is 0 Å². The van der Waals surface area contributed by atoms with E-state index in [1.165, 1.54) is 0 Å². The van der Waals surface area contributed by atoms with Crippen molar-refractivity contribution >= 4 is 11.5 Å². The second-order valence-electron chi connectivity index (χ2n) is 4.10. The summed E-state index contributed by atoms with van der Waals surface area (Å²) >= 11 is 0. The molecule has 2 aromatic rings. The highest BCUT2D eigenvalue weighted by Gasteiger charge is 2.34. The summed E-state index contributed by atoms with van der Waals surface area (Å²) in [5.41, 5.74) is 0.640. The summed E-state index contributed by atoms with van der Waals surface area (Å²) in [5.74, 6) is -1.60. The molecule has 0 fully saturated rings. The van der Waals surface area contributed by atoms with E-state index in [1.807, 2.05) is 0 Å². The number of aliphatic imine (C=N–C) groups is 1. The van der Waals surface area contributed by atoms with Crippen molar-refractivity contribution in [2.24, 2.45) is 4.99 Å². The molecule has 0 aromatic heterocycles. The first-order valence-corrected chi connectivity index (χ1v) is 5.83. The van der Waals surface area contributed by atoms with Gasteiger partial charge in [0.2, 0.25) is 0 Å². The molecule has 0 radical (unpaired) electrons. The van der Waals surface area contributed by atoms with Crippen LogP contribution in [-0.2, 0) is 6.18 Å².